The monoisotopic (exact) mass is 242 g/mol. The number of hydrogen-bond acceptors (Lipinski definition) is 3. The molecule has 100 valence electrons. The van der Waals surface area contributed by atoms with Crippen LogP contribution in [0.5, 0.6) is 0 Å². The van der Waals surface area contributed by atoms with Gasteiger partial charge in [-0.25, -0.2) is 0 Å². The fraction of sp³-hybridized carbons (Fsp3) is 0.923. The number of nitrogens with zero attached hydrogens (tertiary/aromatic N) is 1. The van der Waals surface area contributed by atoms with Crippen molar-refractivity contribution in [2.75, 3.05) is 19.6 Å². The maximum absolute atomic E-state index is 11.1. The molecule has 4 heteroatoms. The molecule has 1 amide bonds. The molecule has 0 aromatic rings. The fourth-order valence-corrected chi connectivity index (χ4v) is 2.64. The summed E-state index contributed by atoms with van der Waals surface area (Å²) < 4.78 is 0. The van der Waals surface area contributed by atoms with E-state index in [1.165, 1.54) is 0 Å². The molecule has 0 radical (unpaired) electrons. The van der Waals surface area contributed by atoms with Crippen molar-refractivity contribution in [2.24, 2.45) is 11.8 Å². The zero-order valence-electron chi connectivity index (χ0n) is 11.4. The van der Waals surface area contributed by atoms with Crippen molar-refractivity contribution >= 4 is 5.91 Å². The van der Waals surface area contributed by atoms with E-state index in [4.69, 9.17) is 0 Å². The van der Waals surface area contributed by atoms with Gasteiger partial charge in [-0.05, 0) is 25.2 Å². The van der Waals surface area contributed by atoms with Crippen molar-refractivity contribution in [3.63, 3.8) is 0 Å². The van der Waals surface area contributed by atoms with Crippen LogP contribution >= 0.6 is 0 Å². The Morgan fingerprint density at radius 2 is 2.06 bits per heavy atom. The van der Waals surface area contributed by atoms with Gasteiger partial charge in [0.25, 0.3) is 0 Å². The second-order valence-corrected chi connectivity index (χ2v) is 5.75. The average Bonchev–Trinajstić information content (AvgIpc) is 2.14. The van der Waals surface area contributed by atoms with E-state index in [2.05, 4.69) is 24.1 Å². The Kier molecular flexibility index (Phi) is 5.40. The third kappa shape index (κ3) is 5.04. The van der Waals surface area contributed by atoms with E-state index in [1.54, 1.807) is 6.92 Å². The van der Waals surface area contributed by atoms with Crippen LogP contribution in [0.25, 0.3) is 0 Å². The Hall–Kier alpha value is -0.610. The SMILES string of the molecule is CC(=O)NC1CC(C(C)O)CN(CC(C)C)C1. The van der Waals surface area contributed by atoms with Crippen LogP contribution in [0.1, 0.15) is 34.1 Å². The molecule has 0 spiro atoms. The lowest BCUT2D eigenvalue weighted by Gasteiger charge is -2.39. The number of aliphatic hydroxyl groups is 1. The molecule has 4 nitrogen and oxygen atoms in total. The number of carbonyl (C=O) groups is 1. The first kappa shape index (κ1) is 14.5. The van der Waals surface area contributed by atoms with Crippen molar-refractivity contribution in [1.82, 2.24) is 10.2 Å². The zero-order chi connectivity index (χ0) is 13.0. The first-order valence-corrected chi connectivity index (χ1v) is 6.56. The van der Waals surface area contributed by atoms with Crippen molar-refractivity contribution < 1.29 is 9.90 Å². The molecule has 1 aliphatic rings. The van der Waals surface area contributed by atoms with E-state index >= 15 is 0 Å². The third-order valence-corrected chi connectivity index (χ3v) is 3.27. The van der Waals surface area contributed by atoms with Crippen molar-refractivity contribution in [1.29, 1.82) is 0 Å². The van der Waals surface area contributed by atoms with Gasteiger partial charge in [0.2, 0.25) is 5.91 Å². The first-order valence-electron chi connectivity index (χ1n) is 6.56. The van der Waals surface area contributed by atoms with Crippen LogP contribution in [0, 0.1) is 11.8 Å². The molecule has 1 rings (SSSR count). The third-order valence-electron chi connectivity index (χ3n) is 3.27. The highest BCUT2D eigenvalue weighted by atomic mass is 16.3. The van der Waals surface area contributed by atoms with Gasteiger partial charge in [-0.3, -0.25) is 4.79 Å². The number of amides is 1. The maximum atomic E-state index is 11.1. The van der Waals surface area contributed by atoms with Crippen LogP contribution in [0.4, 0.5) is 0 Å². The van der Waals surface area contributed by atoms with E-state index in [-0.39, 0.29) is 24.0 Å². The minimum absolute atomic E-state index is 0.0192. The van der Waals surface area contributed by atoms with Crippen LogP contribution in [0.15, 0.2) is 0 Å². The molecule has 17 heavy (non-hydrogen) atoms. The number of likely N-dealkylation sites (tertiary alicyclic amines) is 1. The lowest BCUT2D eigenvalue weighted by molar-refractivity contribution is -0.120. The highest BCUT2D eigenvalue weighted by molar-refractivity contribution is 5.73. The normalized spacial score (nSPS) is 28.1. The molecule has 0 aliphatic carbocycles. The Labute approximate surface area is 104 Å². The Balaban J connectivity index is 2.58. The molecule has 0 bridgehead atoms. The Bertz CT molecular complexity index is 254. The van der Waals surface area contributed by atoms with Gasteiger partial charge >= 0.3 is 0 Å². The predicted octanol–water partition coefficient (Wildman–Crippen LogP) is 0.850. The molecule has 2 N–H and O–H groups in total. The highest BCUT2D eigenvalue weighted by Gasteiger charge is 2.30. The van der Waals surface area contributed by atoms with Gasteiger partial charge in [-0.1, -0.05) is 13.8 Å². The van der Waals surface area contributed by atoms with Crippen molar-refractivity contribution in [3.05, 3.63) is 0 Å². The molecular formula is C13H26N2O2. The summed E-state index contributed by atoms with van der Waals surface area (Å²) in [5, 5.41) is 12.7. The summed E-state index contributed by atoms with van der Waals surface area (Å²) in [6, 6.07) is 0.180. The minimum atomic E-state index is -0.304. The fourth-order valence-electron chi connectivity index (χ4n) is 2.64. The molecule has 3 unspecified atom stereocenters. The van der Waals surface area contributed by atoms with E-state index in [0.717, 1.165) is 26.1 Å². The lowest BCUT2D eigenvalue weighted by Crippen LogP contribution is -2.53. The minimum Gasteiger partial charge on any atom is -0.393 e. The molecule has 3 atom stereocenters. The van der Waals surface area contributed by atoms with Crippen LogP contribution in [0.3, 0.4) is 0 Å². The maximum Gasteiger partial charge on any atom is 0.217 e. The smallest absolute Gasteiger partial charge is 0.217 e. The number of piperidine rings is 1. The zero-order valence-corrected chi connectivity index (χ0v) is 11.4. The molecule has 1 saturated heterocycles. The summed E-state index contributed by atoms with van der Waals surface area (Å²) in [6.45, 7) is 10.7. The van der Waals surface area contributed by atoms with E-state index in [9.17, 15) is 9.90 Å². The number of rotatable bonds is 4. The summed E-state index contributed by atoms with van der Waals surface area (Å²) in [6.07, 6.45) is 0.576. The molecule has 1 aliphatic heterocycles. The average molecular weight is 242 g/mol. The van der Waals surface area contributed by atoms with Crippen LogP contribution in [0.2, 0.25) is 0 Å². The number of aliphatic hydroxyl groups excluding tert-OH is 1. The van der Waals surface area contributed by atoms with Crippen molar-refractivity contribution in [2.45, 2.75) is 46.3 Å². The molecule has 0 aromatic heterocycles. The Morgan fingerprint density at radius 1 is 1.41 bits per heavy atom. The summed E-state index contributed by atoms with van der Waals surface area (Å²) in [5.74, 6) is 0.894. The van der Waals surface area contributed by atoms with Gasteiger partial charge in [-0.2, -0.15) is 0 Å². The van der Waals surface area contributed by atoms with E-state index < -0.39 is 0 Å². The Morgan fingerprint density at radius 3 is 2.53 bits per heavy atom. The second-order valence-electron chi connectivity index (χ2n) is 5.75. The van der Waals surface area contributed by atoms with Crippen molar-refractivity contribution in [3.8, 4) is 0 Å². The summed E-state index contributed by atoms with van der Waals surface area (Å²) in [7, 11) is 0. The van der Waals surface area contributed by atoms with Crippen LogP contribution < -0.4 is 5.32 Å². The molecule has 0 saturated carbocycles. The molecule has 1 heterocycles. The highest BCUT2D eigenvalue weighted by Crippen LogP contribution is 2.21. The summed E-state index contributed by atoms with van der Waals surface area (Å²) >= 11 is 0. The molecule has 1 fully saturated rings. The van der Waals surface area contributed by atoms with Gasteiger partial charge < -0.3 is 15.3 Å². The topological polar surface area (TPSA) is 52.6 Å². The number of carbonyl (C=O) groups excluding carboxylic acids is 1. The second kappa shape index (κ2) is 6.36. The summed E-state index contributed by atoms with van der Waals surface area (Å²) in [5.41, 5.74) is 0. The summed E-state index contributed by atoms with van der Waals surface area (Å²) in [4.78, 5) is 13.5. The quantitative estimate of drug-likeness (QED) is 0.768. The van der Waals surface area contributed by atoms with E-state index in [1.807, 2.05) is 6.92 Å². The predicted molar refractivity (Wildman–Crippen MR) is 68.7 cm³/mol. The largest absolute Gasteiger partial charge is 0.393 e. The molecule has 0 aromatic carbocycles. The van der Waals surface area contributed by atoms with E-state index in [0.29, 0.717) is 5.92 Å². The van der Waals surface area contributed by atoms with Gasteiger partial charge in [0.15, 0.2) is 0 Å². The van der Waals surface area contributed by atoms with Gasteiger partial charge in [0, 0.05) is 32.6 Å². The van der Waals surface area contributed by atoms with Gasteiger partial charge in [0.1, 0.15) is 0 Å². The van der Waals surface area contributed by atoms with Gasteiger partial charge in [0.05, 0.1) is 6.10 Å². The lowest BCUT2D eigenvalue weighted by atomic mass is 9.89. The molecular weight excluding hydrogens is 216 g/mol. The van der Waals surface area contributed by atoms with Gasteiger partial charge in [-0.15, -0.1) is 0 Å². The van der Waals surface area contributed by atoms with Crippen LogP contribution in [-0.4, -0.2) is 47.7 Å². The van der Waals surface area contributed by atoms with Crippen LogP contribution in [-0.2, 0) is 4.79 Å². The standard InChI is InChI=1S/C13H26N2O2/c1-9(2)6-15-7-12(10(3)16)5-13(8-15)14-11(4)17/h9-10,12-13,16H,5-8H2,1-4H3,(H,14,17). The first-order chi connectivity index (χ1) is 7.88. The number of hydrogen-bond donors (Lipinski definition) is 2. The number of nitrogens with one attached hydrogen (secondary N) is 1.